The van der Waals surface area contributed by atoms with E-state index in [1.807, 2.05) is 36.1 Å². The highest BCUT2D eigenvalue weighted by Crippen LogP contribution is 2.33. The lowest BCUT2D eigenvalue weighted by molar-refractivity contribution is 0.114. The van der Waals surface area contributed by atoms with Gasteiger partial charge in [-0.05, 0) is 67.1 Å². The number of amides is 1. The summed E-state index contributed by atoms with van der Waals surface area (Å²) in [6, 6.07) is 28.9. The van der Waals surface area contributed by atoms with Gasteiger partial charge in [0.25, 0.3) is 0 Å². The molecule has 3 aromatic rings. The third kappa shape index (κ3) is 5.43. The van der Waals surface area contributed by atoms with Crippen molar-refractivity contribution in [1.82, 2.24) is 4.90 Å². The van der Waals surface area contributed by atoms with Crippen molar-refractivity contribution in [3.63, 3.8) is 0 Å². The molecule has 4 rings (SSSR count). The van der Waals surface area contributed by atoms with Crippen LogP contribution in [0.25, 0.3) is 0 Å². The van der Waals surface area contributed by atoms with E-state index >= 15 is 0 Å². The van der Waals surface area contributed by atoms with Gasteiger partial charge in [-0.3, -0.25) is 0 Å². The zero-order valence-electron chi connectivity index (χ0n) is 18.4. The first-order chi connectivity index (χ1) is 15.6. The summed E-state index contributed by atoms with van der Waals surface area (Å²) in [7, 11) is 0. The summed E-state index contributed by atoms with van der Waals surface area (Å²) in [5.41, 5.74) is 3.52. The molecule has 0 saturated carbocycles. The predicted octanol–water partition coefficient (Wildman–Crippen LogP) is 6.43. The van der Waals surface area contributed by atoms with Crippen molar-refractivity contribution >= 4 is 29.1 Å². The molecular weight excluding hydrogens is 420 g/mol. The van der Waals surface area contributed by atoms with Gasteiger partial charge < -0.3 is 14.5 Å². The standard InChI is InChI=1S/C27H29ClN2O2/c1-2-32-27(31)29-18-22(17-21-9-5-3-6-10-21)23(19-29)20-30(25-11-7-4-8-12-25)26-15-13-24(28)14-16-26/h3-16,22-23H,2,17-20H2,1H3/t22-,23+/m0/s1. The van der Waals surface area contributed by atoms with Crippen LogP contribution in [0.1, 0.15) is 12.5 Å². The Balaban J connectivity index is 1.61. The van der Waals surface area contributed by atoms with Gasteiger partial charge in [0.1, 0.15) is 0 Å². The molecule has 4 nitrogen and oxygen atoms in total. The summed E-state index contributed by atoms with van der Waals surface area (Å²) in [5.74, 6) is 0.649. The monoisotopic (exact) mass is 448 g/mol. The van der Waals surface area contributed by atoms with Gasteiger partial charge in [-0.1, -0.05) is 60.1 Å². The van der Waals surface area contributed by atoms with E-state index in [9.17, 15) is 4.79 Å². The second-order valence-corrected chi connectivity index (χ2v) is 8.67. The fraction of sp³-hybridized carbons (Fsp3) is 0.296. The number of benzene rings is 3. The number of anilines is 2. The minimum absolute atomic E-state index is 0.217. The molecule has 1 saturated heterocycles. The van der Waals surface area contributed by atoms with Crippen molar-refractivity contribution in [2.24, 2.45) is 11.8 Å². The number of hydrogen-bond donors (Lipinski definition) is 0. The van der Waals surface area contributed by atoms with E-state index in [1.165, 1.54) is 5.56 Å². The molecule has 3 aromatic carbocycles. The number of para-hydroxylation sites is 1. The van der Waals surface area contributed by atoms with E-state index < -0.39 is 0 Å². The van der Waals surface area contributed by atoms with E-state index in [0.29, 0.717) is 31.5 Å². The van der Waals surface area contributed by atoms with Crippen LogP contribution in [0.5, 0.6) is 0 Å². The van der Waals surface area contributed by atoms with Crippen LogP contribution in [0.4, 0.5) is 16.2 Å². The molecule has 0 aromatic heterocycles. The Kier molecular flexibility index (Phi) is 7.33. The lowest BCUT2D eigenvalue weighted by atomic mass is 9.89. The van der Waals surface area contributed by atoms with Crippen LogP contribution in [-0.2, 0) is 11.2 Å². The molecule has 32 heavy (non-hydrogen) atoms. The van der Waals surface area contributed by atoms with Crippen LogP contribution in [0.3, 0.4) is 0 Å². The first-order valence-corrected chi connectivity index (χ1v) is 11.6. The lowest BCUT2D eigenvalue weighted by Gasteiger charge is -2.30. The Morgan fingerprint density at radius 1 is 0.906 bits per heavy atom. The number of rotatable bonds is 7. The first kappa shape index (κ1) is 22.2. The Bertz CT molecular complexity index is 995. The summed E-state index contributed by atoms with van der Waals surface area (Å²) in [5, 5.41) is 0.720. The maximum absolute atomic E-state index is 12.5. The van der Waals surface area contributed by atoms with Crippen molar-refractivity contribution in [1.29, 1.82) is 0 Å². The van der Waals surface area contributed by atoms with Crippen LogP contribution >= 0.6 is 11.6 Å². The molecule has 5 heteroatoms. The normalized spacial score (nSPS) is 17.9. The molecule has 0 radical (unpaired) electrons. The Labute approximate surface area is 195 Å². The third-order valence-electron chi connectivity index (χ3n) is 6.07. The highest BCUT2D eigenvalue weighted by molar-refractivity contribution is 6.30. The number of halogens is 1. The number of carbonyl (C=O) groups is 1. The van der Waals surface area contributed by atoms with Gasteiger partial charge in [0.15, 0.2) is 0 Å². The fourth-order valence-corrected chi connectivity index (χ4v) is 4.61. The molecule has 1 heterocycles. The Morgan fingerprint density at radius 2 is 1.50 bits per heavy atom. The molecule has 0 N–H and O–H groups in total. The molecule has 166 valence electrons. The molecule has 0 unspecified atom stereocenters. The van der Waals surface area contributed by atoms with Crippen LogP contribution in [0, 0.1) is 11.8 Å². The lowest BCUT2D eigenvalue weighted by Crippen LogP contribution is -2.32. The van der Waals surface area contributed by atoms with Crippen molar-refractivity contribution < 1.29 is 9.53 Å². The summed E-state index contributed by atoms with van der Waals surface area (Å²) in [6.45, 7) is 4.45. The highest BCUT2D eigenvalue weighted by Gasteiger charge is 2.37. The number of nitrogens with zero attached hydrogens (tertiary/aromatic N) is 2. The van der Waals surface area contributed by atoms with Gasteiger partial charge in [-0.2, -0.15) is 0 Å². The van der Waals surface area contributed by atoms with Gasteiger partial charge in [0.05, 0.1) is 6.61 Å². The summed E-state index contributed by atoms with van der Waals surface area (Å²) >= 11 is 6.15. The Hall–Kier alpha value is -2.98. The SMILES string of the molecule is CCOC(=O)N1C[C@H](CN(c2ccccc2)c2ccc(Cl)cc2)[C@@H](Cc2ccccc2)C1. The zero-order chi connectivity index (χ0) is 22.3. The van der Waals surface area contributed by atoms with Gasteiger partial charge in [-0.15, -0.1) is 0 Å². The van der Waals surface area contributed by atoms with Gasteiger partial charge >= 0.3 is 6.09 Å². The van der Waals surface area contributed by atoms with Gasteiger partial charge in [0.2, 0.25) is 0 Å². The van der Waals surface area contributed by atoms with Gasteiger partial charge in [-0.25, -0.2) is 4.79 Å². The van der Waals surface area contributed by atoms with Crippen LogP contribution in [0.15, 0.2) is 84.9 Å². The average Bonchev–Trinajstić information content (AvgIpc) is 3.22. The van der Waals surface area contributed by atoms with Crippen LogP contribution < -0.4 is 4.90 Å². The summed E-state index contributed by atoms with van der Waals surface area (Å²) in [4.78, 5) is 16.7. The molecular formula is C27H29ClN2O2. The molecule has 2 atom stereocenters. The van der Waals surface area contributed by atoms with E-state index in [2.05, 4.69) is 65.6 Å². The second kappa shape index (κ2) is 10.6. The summed E-state index contributed by atoms with van der Waals surface area (Å²) < 4.78 is 5.32. The topological polar surface area (TPSA) is 32.8 Å². The molecule has 1 fully saturated rings. The van der Waals surface area contributed by atoms with E-state index in [1.54, 1.807) is 0 Å². The molecule has 0 bridgehead atoms. The Morgan fingerprint density at radius 3 is 2.16 bits per heavy atom. The number of likely N-dealkylation sites (tertiary alicyclic amines) is 1. The minimum Gasteiger partial charge on any atom is -0.450 e. The first-order valence-electron chi connectivity index (χ1n) is 11.2. The molecule has 1 aliphatic heterocycles. The third-order valence-corrected chi connectivity index (χ3v) is 6.32. The molecule has 1 aliphatic rings. The van der Waals surface area contributed by atoms with Crippen molar-refractivity contribution in [2.45, 2.75) is 13.3 Å². The number of ether oxygens (including phenoxy) is 1. The fourth-order valence-electron chi connectivity index (χ4n) is 4.48. The van der Waals surface area contributed by atoms with E-state index in [4.69, 9.17) is 16.3 Å². The van der Waals surface area contributed by atoms with Gasteiger partial charge in [0, 0.05) is 36.0 Å². The quantitative estimate of drug-likeness (QED) is 0.417. The second-order valence-electron chi connectivity index (χ2n) is 8.24. The largest absolute Gasteiger partial charge is 0.450 e. The van der Waals surface area contributed by atoms with Crippen LogP contribution in [0.2, 0.25) is 5.02 Å². The maximum atomic E-state index is 12.5. The summed E-state index contributed by atoms with van der Waals surface area (Å²) in [6.07, 6.45) is 0.718. The predicted molar refractivity (Wildman–Crippen MR) is 131 cm³/mol. The molecule has 0 aliphatic carbocycles. The van der Waals surface area contributed by atoms with Crippen molar-refractivity contribution in [3.8, 4) is 0 Å². The van der Waals surface area contributed by atoms with E-state index in [-0.39, 0.29) is 6.09 Å². The van der Waals surface area contributed by atoms with E-state index in [0.717, 1.165) is 29.4 Å². The highest BCUT2D eigenvalue weighted by atomic mass is 35.5. The zero-order valence-corrected chi connectivity index (χ0v) is 19.1. The van der Waals surface area contributed by atoms with Crippen molar-refractivity contribution in [2.75, 3.05) is 31.1 Å². The molecule has 0 spiro atoms. The van der Waals surface area contributed by atoms with Crippen molar-refractivity contribution in [3.05, 3.63) is 95.5 Å². The number of carbonyl (C=O) groups excluding carboxylic acids is 1. The number of hydrogen-bond acceptors (Lipinski definition) is 3. The maximum Gasteiger partial charge on any atom is 0.409 e. The molecule has 1 amide bonds. The van der Waals surface area contributed by atoms with Crippen LogP contribution in [-0.4, -0.2) is 37.2 Å². The average molecular weight is 449 g/mol. The smallest absolute Gasteiger partial charge is 0.409 e. The minimum atomic E-state index is -0.217.